The first-order valence-electron chi connectivity index (χ1n) is 10.7. The van der Waals surface area contributed by atoms with E-state index in [4.69, 9.17) is 4.74 Å². The molecular weight excluding hydrogens is 459 g/mol. The summed E-state index contributed by atoms with van der Waals surface area (Å²) >= 11 is 0. The molecule has 0 saturated carbocycles. The molecule has 0 aliphatic rings. The molecule has 1 aromatic heterocycles. The molecule has 0 radical (unpaired) electrons. The van der Waals surface area contributed by atoms with E-state index in [-0.39, 0.29) is 12.2 Å². The summed E-state index contributed by atoms with van der Waals surface area (Å²) in [5, 5.41) is 21.8. The van der Waals surface area contributed by atoms with Crippen molar-refractivity contribution in [1.29, 1.82) is 0 Å². The number of nitrogens with zero attached hydrogens (tertiary/aromatic N) is 1. The molecule has 0 saturated heterocycles. The average Bonchev–Trinajstić information content (AvgIpc) is 3.19. The van der Waals surface area contributed by atoms with Gasteiger partial charge in [-0.3, -0.25) is 9.82 Å². The number of aliphatic hydroxyl groups is 1. The zero-order chi connectivity index (χ0) is 24.1. The molecular formula is C24H25FN4O4S. The minimum absolute atomic E-state index is 0.229. The van der Waals surface area contributed by atoms with E-state index in [1.165, 1.54) is 30.3 Å². The lowest BCUT2D eigenvalue weighted by Gasteiger charge is -2.15. The lowest BCUT2D eigenvalue weighted by atomic mass is 10.1. The van der Waals surface area contributed by atoms with Crippen molar-refractivity contribution < 1.29 is 22.7 Å². The number of H-pyrrole nitrogens is 1. The van der Waals surface area contributed by atoms with Gasteiger partial charge in [-0.25, -0.2) is 12.8 Å². The number of benzene rings is 3. The smallest absolute Gasteiger partial charge is 0.264 e. The number of aromatic nitrogens is 2. The maximum Gasteiger partial charge on any atom is 0.264 e. The van der Waals surface area contributed by atoms with Crippen LogP contribution >= 0.6 is 0 Å². The second-order valence-corrected chi connectivity index (χ2v) is 9.41. The van der Waals surface area contributed by atoms with Crippen molar-refractivity contribution in [1.82, 2.24) is 15.5 Å². The molecule has 0 fully saturated rings. The Hall–Kier alpha value is -3.47. The molecule has 34 heavy (non-hydrogen) atoms. The number of aliphatic hydroxyl groups excluding tert-OH is 1. The van der Waals surface area contributed by atoms with Crippen LogP contribution in [0.25, 0.3) is 10.9 Å². The van der Waals surface area contributed by atoms with E-state index < -0.39 is 26.8 Å². The number of fused-ring (bicyclic) bond motifs is 1. The van der Waals surface area contributed by atoms with Crippen LogP contribution in [0.1, 0.15) is 17.4 Å². The summed E-state index contributed by atoms with van der Waals surface area (Å²) in [6, 6.07) is 17.2. The van der Waals surface area contributed by atoms with Crippen molar-refractivity contribution in [3.8, 4) is 5.75 Å². The van der Waals surface area contributed by atoms with E-state index in [0.29, 0.717) is 24.5 Å². The summed E-state index contributed by atoms with van der Waals surface area (Å²) in [7, 11) is -4.09. The number of aromatic amines is 1. The molecule has 1 atom stereocenters. The zero-order valence-electron chi connectivity index (χ0n) is 18.5. The first kappa shape index (κ1) is 23.7. The van der Waals surface area contributed by atoms with Crippen molar-refractivity contribution in [3.05, 3.63) is 83.8 Å². The Balaban J connectivity index is 1.28. The second kappa shape index (κ2) is 10.2. The molecule has 10 heteroatoms. The predicted octanol–water partition coefficient (Wildman–Crippen LogP) is 3.51. The Morgan fingerprint density at radius 1 is 1.12 bits per heavy atom. The maximum absolute atomic E-state index is 13.9. The van der Waals surface area contributed by atoms with Gasteiger partial charge in [0.2, 0.25) is 0 Å². The normalized spacial score (nSPS) is 12.6. The number of rotatable bonds is 10. The van der Waals surface area contributed by atoms with Crippen LogP contribution < -0.4 is 14.8 Å². The summed E-state index contributed by atoms with van der Waals surface area (Å²) in [4.78, 5) is -0.441. The quantitative estimate of drug-likeness (QED) is 0.256. The first-order valence-corrected chi connectivity index (χ1v) is 12.2. The highest BCUT2D eigenvalue weighted by atomic mass is 32.2. The van der Waals surface area contributed by atoms with Gasteiger partial charge in [0.25, 0.3) is 10.0 Å². The number of nitrogens with one attached hydrogen (secondary N) is 3. The molecule has 4 rings (SSSR count). The van der Waals surface area contributed by atoms with Crippen LogP contribution in [0.15, 0.2) is 71.6 Å². The van der Waals surface area contributed by atoms with Crippen molar-refractivity contribution in [2.45, 2.75) is 17.9 Å². The lowest BCUT2D eigenvalue weighted by Crippen LogP contribution is -2.26. The lowest BCUT2D eigenvalue weighted by molar-refractivity contribution is 0.172. The minimum atomic E-state index is -4.09. The molecule has 0 unspecified atom stereocenters. The van der Waals surface area contributed by atoms with Crippen LogP contribution in [0.2, 0.25) is 0 Å². The molecule has 0 spiro atoms. The van der Waals surface area contributed by atoms with E-state index in [0.717, 1.165) is 22.7 Å². The Bertz CT molecular complexity index is 1390. The maximum atomic E-state index is 13.9. The van der Waals surface area contributed by atoms with Crippen LogP contribution in [0.4, 0.5) is 10.1 Å². The van der Waals surface area contributed by atoms with Crippen molar-refractivity contribution in [3.63, 3.8) is 0 Å². The summed E-state index contributed by atoms with van der Waals surface area (Å²) in [6.45, 7) is 3.09. The van der Waals surface area contributed by atoms with Crippen molar-refractivity contribution >= 4 is 26.6 Å². The Labute approximate surface area is 196 Å². The van der Waals surface area contributed by atoms with Gasteiger partial charge >= 0.3 is 0 Å². The van der Waals surface area contributed by atoms with Gasteiger partial charge in [0.15, 0.2) is 0 Å². The number of hydrogen-bond acceptors (Lipinski definition) is 6. The monoisotopic (exact) mass is 484 g/mol. The molecule has 0 bridgehead atoms. The van der Waals surface area contributed by atoms with Gasteiger partial charge in [0.05, 0.1) is 11.6 Å². The largest absolute Gasteiger partial charge is 0.492 e. The van der Waals surface area contributed by atoms with Gasteiger partial charge in [-0.1, -0.05) is 24.3 Å². The van der Waals surface area contributed by atoms with Gasteiger partial charge in [0, 0.05) is 35.9 Å². The highest BCUT2D eigenvalue weighted by Crippen LogP contribution is 2.23. The SMILES string of the molecule is Cc1[nH]nc2cc(OCCNC[C@H](O)c3cccc(NS(=O)(=O)c4ccccc4F)c3)ccc12. The Morgan fingerprint density at radius 2 is 1.94 bits per heavy atom. The molecule has 4 N–H and O–H groups in total. The molecule has 1 heterocycles. The third-order valence-corrected chi connectivity index (χ3v) is 6.67. The van der Waals surface area contributed by atoms with Crippen LogP contribution in [-0.4, -0.2) is 43.4 Å². The van der Waals surface area contributed by atoms with Crippen molar-refractivity contribution in [2.24, 2.45) is 0 Å². The number of hydrogen-bond donors (Lipinski definition) is 4. The van der Waals surface area contributed by atoms with E-state index in [9.17, 15) is 17.9 Å². The van der Waals surface area contributed by atoms with Crippen LogP contribution in [-0.2, 0) is 10.0 Å². The molecule has 0 aliphatic heterocycles. The summed E-state index contributed by atoms with van der Waals surface area (Å²) < 4.78 is 47.0. The van der Waals surface area contributed by atoms with Crippen LogP contribution in [0.3, 0.4) is 0 Å². The Morgan fingerprint density at radius 3 is 2.76 bits per heavy atom. The highest BCUT2D eigenvalue weighted by Gasteiger charge is 2.19. The topological polar surface area (TPSA) is 116 Å². The first-order chi connectivity index (χ1) is 16.3. The van der Waals surface area contributed by atoms with Crippen molar-refractivity contribution in [2.75, 3.05) is 24.4 Å². The van der Waals surface area contributed by atoms with E-state index in [1.54, 1.807) is 12.1 Å². The second-order valence-electron chi connectivity index (χ2n) is 7.76. The molecule has 178 valence electrons. The number of anilines is 1. The van der Waals surface area contributed by atoms with Gasteiger partial charge in [-0.05, 0) is 48.9 Å². The third kappa shape index (κ3) is 5.53. The van der Waals surface area contributed by atoms with E-state index in [1.807, 2.05) is 25.1 Å². The van der Waals surface area contributed by atoms with Gasteiger partial charge < -0.3 is 15.2 Å². The standard InChI is InChI=1S/C24H25FN4O4S/c1-16-20-10-9-19(14-22(20)28-27-16)33-12-11-26-15-23(30)17-5-4-6-18(13-17)29-34(31,32)24-8-3-2-7-21(24)25/h2-10,13-14,23,26,29-30H,11-12,15H2,1H3,(H,27,28)/t23-/m0/s1. The molecule has 4 aromatic rings. The summed E-state index contributed by atoms with van der Waals surface area (Å²) in [5.41, 5.74) is 2.58. The van der Waals surface area contributed by atoms with E-state index in [2.05, 4.69) is 20.2 Å². The number of ether oxygens (including phenoxy) is 1. The number of sulfonamides is 1. The van der Waals surface area contributed by atoms with Crippen LogP contribution in [0, 0.1) is 12.7 Å². The van der Waals surface area contributed by atoms with Gasteiger partial charge in [-0.15, -0.1) is 0 Å². The minimum Gasteiger partial charge on any atom is -0.492 e. The average molecular weight is 485 g/mol. The fourth-order valence-corrected chi connectivity index (χ4v) is 4.62. The Kier molecular flexibility index (Phi) is 7.11. The predicted molar refractivity (Wildman–Crippen MR) is 128 cm³/mol. The summed E-state index contributed by atoms with van der Waals surface area (Å²) in [6.07, 6.45) is -0.874. The number of aryl methyl sites for hydroxylation is 1. The molecule has 3 aromatic carbocycles. The van der Waals surface area contributed by atoms with Crippen LogP contribution in [0.5, 0.6) is 5.75 Å². The highest BCUT2D eigenvalue weighted by molar-refractivity contribution is 7.92. The fraction of sp³-hybridized carbons (Fsp3) is 0.208. The molecule has 0 amide bonds. The molecule has 8 nitrogen and oxygen atoms in total. The zero-order valence-corrected chi connectivity index (χ0v) is 19.3. The summed E-state index contributed by atoms with van der Waals surface area (Å²) in [5.74, 6) is -0.131. The molecule has 0 aliphatic carbocycles. The van der Waals surface area contributed by atoms with E-state index >= 15 is 0 Å². The van der Waals surface area contributed by atoms with Gasteiger partial charge in [-0.2, -0.15) is 5.10 Å². The number of halogens is 1. The van der Waals surface area contributed by atoms with Gasteiger partial charge in [0.1, 0.15) is 23.1 Å². The third-order valence-electron chi connectivity index (χ3n) is 5.25. The fourth-order valence-electron chi connectivity index (χ4n) is 3.50.